The highest BCUT2D eigenvalue weighted by Crippen LogP contribution is 2.24. The lowest BCUT2D eigenvalue weighted by Crippen LogP contribution is -2.41. The van der Waals surface area contributed by atoms with E-state index in [0.29, 0.717) is 22.5 Å². The highest BCUT2D eigenvalue weighted by molar-refractivity contribution is 7.99. The Kier molecular flexibility index (Phi) is 5.56. The molecule has 0 spiro atoms. The molecule has 24 heavy (non-hydrogen) atoms. The summed E-state index contributed by atoms with van der Waals surface area (Å²) in [5.74, 6) is 0.603. The predicted octanol–water partition coefficient (Wildman–Crippen LogP) is 3.80. The molecule has 0 aliphatic heterocycles. The Hall–Kier alpha value is -1.82. The van der Waals surface area contributed by atoms with Gasteiger partial charge in [0.15, 0.2) is 5.16 Å². The second-order valence-electron chi connectivity index (χ2n) is 6.28. The third-order valence-corrected chi connectivity index (χ3v) is 5.45. The van der Waals surface area contributed by atoms with Gasteiger partial charge >= 0.3 is 0 Å². The summed E-state index contributed by atoms with van der Waals surface area (Å²) in [5.41, 5.74) is 0.705. The summed E-state index contributed by atoms with van der Waals surface area (Å²) in [6.45, 7) is 2.20. The molecule has 1 heterocycles. The quantitative estimate of drug-likeness (QED) is 0.837. The van der Waals surface area contributed by atoms with E-state index < -0.39 is 0 Å². The van der Waals surface area contributed by atoms with Crippen LogP contribution in [0.4, 0.5) is 4.39 Å². The monoisotopic (exact) mass is 347 g/mol. The molecule has 1 fully saturated rings. The van der Waals surface area contributed by atoms with Crippen molar-refractivity contribution in [2.45, 2.75) is 43.8 Å². The fourth-order valence-corrected chi connectivity index (χ4v) is 3.91. The molecule has 1 aromatic carbocycles. The van der Waals surface area contributed by atoms with Gasteiger partial charge in [-0.1, -0.05) is 37.6 Å². The Morgan fingerprint density at radius 2 is 2.25 bits per heavy atom. The molecule has 0 saturated heterocycles. The van der Waals surface area contributed by atoms with E-state index in [1.165, 1.54) is 43.2 Å². The number of thioether (sulfide) groups is 1. The molecule has 6 heteroatoms. The Labute approximate surface area is 145 Å². The lowest BCUT2D eigenvalue weighted by molar-refractivity contribution is -0.119. The minimum Gasteiger partial charge on any atom is -0.352 e. The summed E-state index contributed by atoms with van der Waals surface area (Å²) in [4.78, 5) is 16.5. The summed E-state index contributed by atoms with van der Waals surface area (Å²) in [7, 11) is 0. The lowest BCUT2D eigenvalue weighted by atomic mass is 9.86. The van der Waals surface area contributed by atoms with Gasteiger partial charge in [-0.25, -0.2) is 9.37 Å². The predicted molar refractivity (Wildman–Crippen MR) is 93.8 cm³/mol. The average Bonchev–Trinajstić information content (AvgIpc) is 3.04. The number of carbonyl (C=O) groups excluding carboxylic acids is 1. The summed E-state index contributed by atoms with van der Waals surface area (Å²) < 4.78 is 15.2. The number of aromatic nitrogens is 2. The molecule has 1 aliphatic rings. The minimum atomic E-state index is -0.291. The maximum Gasteiger partial charge on any atom is 0.230 e. The van der Waals surface area contributed by atoms with Crippen LogP contribution >= 0.6 is 11.8 Å². The van der Waals surface area contributed by atoms with Gasteiger partial charge in [0.1, 0.15) is 5.82 Å². The standard InChI is InChI=1S/C18H22FN3OS/c1-13-5-2-3-8-16(13)21-17(23)12-24-18-20-9-10-22(18)15-7-4-6-14(19)11-15/h4,6-7,9-11,13,16H,2-3,5,8,12H2,1H3,(H,21,23)/t13-,16+/m0/s1. The van der Waals surface area contributed by atoms with E-state index in [0.717, 1.165) is 6.42 Å². The van der Waals surface area contributed by atoms with Crippen molar-refractivity contribution in [1.29, 1.82) is 0 Å². The first-order chi connectivity index (χ1) is 11.6. The van der Waals surface area contributed by atoms with Gasteiger partial charge in [0.05, 0.1) is 11.4 Å². The Balaban J connectivity index is 1.59. The number of carbonyl (C=O) groups is 1. The zero-order chi connectivity index (χ0) is 16.9. The van der Waals surface area contributed by atoms with Gasteiger partial charge in [-0.05, 0) is 37.0 Å². The molecule has 4 nitrogen and oxygen atoms in total. The second-order valence-corrected chi connectivity index (χ2v) is 7.23. The number of hydrogen-bond donors (Lipinski definition) is 1. The number of hydrogen-bond acceptors (Lipinski definition) is 3. The third kappa shape index (κ3) is 4.17. The average molecular weight is 347 g/mol. The number of benzene rings is 1. The Morgan fingerprint density at radius 3 is 3.04 bits per heavy atom. The van der Waals surface area contributed by atoms with Gasteiger partial charge in [-0.2, -0.15) is 0 Å². The van der Waals surface area contributed by atoms with Crippen LogP contribution in [-0.2, 0) is 4.79 Å². The van der Waals surface area contributed by atoms with Crippen LogP contribution in [0.2, 0.25) is 0 Å². The van der Waals surface area contributed by atoms with Crippen molar-refractivity contribution in [3.05, 3.63) is 42.5 Å². The van der Waals surface area contributed by atoms with E-state index >= 15 is 0 Å². The maximum atomic E-state index is 13.4. The number of imidazole rings is 1. The van der Waals surface area contributed by atoms with E-state index in [4.69, 9.17) is 0 Å². The van der Waals surface area contributed by atoms with Crippen molar-refractivity contribution < 1.29 is 9.18 Å². The molecule has 1 amide bonds. The Morgan fingerprint density at radius 1 is 1.42 bits per heavy atom. The van der Waals surface area contributed by atoms with Gasteiger partial charge in [-0.15, -0.1) is 0 Å². The SMILES string of the molecule is C[C@H]1CCCC[C@H]1NC(=O)CSc1nccn1-c1cccc(F)c1. The van der Waals surface area contributed by atoms with Gasteiger partial charge in [0, 0.05) is 18.4 Å². The molecule has 2 atom stereocenters. The van der Waals surface area contributed by atoms with E-state index in [1.54, 1.807) is 23.0 Å². The molecule has 128 valence electrons. The molecule has 0 radical (unpaired) electrons. The first kappa shape index (κ1) is 17.0. The number of rotatable bonds is 5. The van der Waals surface area contributed by atoms with Crippen molar-refractivity contribution in [2.24, 2.45) is 5.92 Å². The second kappa shape index (κ2) is 7.83. The summed E-state index contributed by atoms with van der Waals surface area (Å²) in [5, 5.41) is 3.83. The normalized spacial score (nSPS) is 20.8. The fraction of sp³-hybridized carbons (Fsp3) is 0.444. The Bertz CT molecular complexity index is 703. The van der Waals surface area contributed by atoms with Crippen molar-refractivity contribution >= 4 is 17.7 Å². The minimum absolute atomic E-state index is 0.0348. The number of nitrogens with one attached hydrogen (secondary N) is 1. The van der Waals surface area contributed by atoms with Crippen molar-refractivity contribution in [2.75, 3.05) is 5.75 Å². The summed E-state index contributed by atoms with van der Waals surface area (Å²) in [6.07, 6.45) is 8.13. The van der Waals surface area contributed by atoms with Crippen LogP contribution < -0.4 is 5.32 Å². The van der Waals surface area contributed by atoms with Crippen LogP contribution in [0.15, 0.2) is 41.8 Å². The van der Waals surface area contributed by atoms with Gasteiger partial charge in [0.2, 0.25) is 5.91 Å². The van der Waals surface area contributed by atoms with Crippen LogP contribution in [0, 0.1) is 11.7 Å². The fourth-order valence-electron chi connectivity index (χ4n) is 3.13. The zero-order valence-electron chi connectivity index (χ0n) is 13.7. The first-order valence-corrected chi connectivity index (χ1v) is 9.33. The molecule has 1 aliphatic carbocycles. The van der Waals surface area contributed by atoms with Gasteiger partial charge in [0.25, 0.3) is 0 Å². The van der Waals surface area contributed by atoms with Crippen LogP contribution in [0.5, 0.6) is 0 Å². The molecule has 2 aromatic rings. The van der Waals surface area contributed by atoms with E-state index in [-0.39, 0.29) is 17.8 Å². The van der Waals surface area contributed by atoms with Crippen molar-refractivity contribution in [1.82, 2.24) is 14.9 Å². The van der Waals surface area contributed by atoms with E-state index in [9.17, 15) is 9.18 Å². The summed E-state index contributed by atoms with van der Waals surface area (Å²) >= 11 is 1.37. The number of nitrogens with zero attached hydrogens (tertiary/aromatic N) is 2. The number of amides is 1. The smallest absolute Gasteiger partial charge is 0.230 e. The molecular formula is C18H22FN3OS. The van der Waals surface area contributed by atoms with Crippen LogP contribution in [0.3, 0.4) is 0 Å². The van der Waals surface area contributed by atoms with Crippen molar-refractivity contribution in [3.8, 4) is 5.69 Å². The first-order valence-electron chi connectivity index (χ1n) is 8.35. The van der Waals surface area contributed by atoms with Gasteiger partial charge in [-0.3, -0.25) is 9.36 Å². The molecule has 1 N–H and O–H groups in total. The van der Waals surface area contributed by atoms with E-state index in [1.807, 2.05) is 6.07 Å². The molecule has 1 saturated carbocycles. The molecular weight excluding hydrogens is 325 g/mol. The highest BCUT2D eigenvalue weighted by atomic mass is 32.2. The van der Waals surface area contributed by atoms with Crippen LogP contribution in [0.1, 0.15) is 32.6 Å². The van der Waals surface area contributed by atoms with Gasteiger partial charge < -0.3 is 5.32 Å². The number of halogens is 1. The lowest BCUT2D eigenvalue weighted by Gasteiger charge is -2.29. The molecule has 3 rings (SSSR count). The molecule has 0 unspecified atom stereocenters. The van der Waals surface area contributed by atoms with Crippen LogP contribution in [0.25, 0.3) is 5.69 Å². The zero-order valence-corrected chi connectivity index (χ0v) is 14.6. The van der Waals surface area contributed by atoms with Crippen LogP contribution in [-0.4, -0.2) is 27.3 Å². The third-order valence-electron chi connectivity index (χ3n) is 4.48. The van der Waals surface area contributed by atoms with E-state index in [2.05, 4.69) is 17.2 Å². The molecule has 1 aromatic heterocycles. The summed E-state index contributed by atoms with van der Waals surface area (Å²) in [6, 6.07) is 6.63. The highest BCUT2D eigenvalue weighted by Gasteiger charge is 2.22. The van der Waals surface area contributed by atoms with Crippen molar-refractivity contribution in [3.63, 3.8) is 0 Å². The topological polar surface area (TPSA) is 46.9 Å². The molecule has 0 bridgehead atoms. The maximum absolute atomic E-state index is 13.4. The largest absolute Gasteiger partial charge is 0.352 e.